The van der Waals surface area contributed by atoms with Gasteiger partial charge in [0.25, 0.3) is 0 Å². The Morgan fingerprint density at radius 3 is 2.69 bits per heavy atom. The van der Waals surface area contributed by atoms with Crippen molar-refractivity contribution < 1.29 is 9.53 Å². The SMILES string of the molecule is CC(C)OC(=O)CCCSC(=N)N. The van der Waals surface area contributed by atoms with Crippen LogP contribution in [0.15, 0.2) is 0 Å². The minimum atomic E-state index is -0.181. The fraction of sp³-hybridized carbons (Fsp3) is 0.750. The van der Waals surface area contributed by atoms with Gasteiger partial charge in [-0.05, 0) is 20.3 Å². The highest BCUT2D eigenvalue weighted by atomic mass is 32.2. The van der Waals surface area contributed by atoms with Crippen LogP contribution in [0.25, 0.3) is 0 Å². The van der Waals surface area contributed by atoms with Crippen LogP contribution < -0.4 is 5.73 Å². The minimum Gasteiger partial charge on any atom is -0.463 e. The molecule has 0 aromatic heterocycles. The molecule has 0 saturated carbocycles. The van der Waals surface area contributed by atoms with Crippen molar-refractivity contribution in [2.24, 2.45) is 5.73 Å². The van der Waals surface area contributed by atoms with Crippen LogP contribution in [0.5, 0.6) is 0 Å². The van der Waals surface area contributed by atoms with Gasteiger partial charge in [0.15, 0.2) is 5.17 Å². The van der Waals surface area contributed by atoms with E-state index in [0.29, 0.717) is 18.6 Å². The molecule has 0 heterocycles. The number of amidine groups is 1. The number of ether oxygens (including phenoxy) is 1. The molecule has 13 heavy (non-hydrogen) atoms. The van der Waals surface area contributed by atoms with Gasteiger partial charge in [-0.2, -0.15) is 0 Å². The van der Waals surface area contributed by atoms with Gasteiger partial charge in [0, 0.05) is 12.2 Å². The summed E-state index contributed by atoms with van der Waals surface area (Å²) < 4.78 is 4.92. The molecule has 0 aliphatic carbocycles. The van der Waals surface area contributed by atoms with Gasteiger partial charge < -0.3 is 10.5 Å². The maximum Gasteiger partial charge on any atom is 0.306 e. The molecule has 0 aromatic carbocycles. The van der Waals surface area contributed by atoms with Gasteiger partial charge in [-0.1, -0.05) is 11.8 Å². The van der Waals surface area contributed by atoms with E-state index in [9.17, 15) is 4.79 Å². The molecule has 0 aromatic rings. The van der Waals surface area contributed by atoms with Crippen molar-refractivity contribution >= 4 is 22.9 Å². The lowest BCUT2D eigenvalue weighted by Crippen LogP contribution is -2.11. The first kappa shape index (κ1) is 12.3. The number of hydrogen-bond donors (Lipinski definition) is 2. The van der Waals surface area contributed by atoms with Crippen LogP contribution >= 0.6 is 11.8 Å². The van der Waals surface area contributed by atoms with Crippen molar-refractivity contribution in [2.75, 3.05) is 5.75 Å². The third-order valence-electron chi connectivity index (χ3n) is 1.15. The molecule has 0 atom stereocenters. The van der Waals surface area contributed by atoms with Gasteiger partial charge in [-0.25, -0.2) is 0 Å². The second-order valence-electron chi connectivity index (χ2n) is 2.85. The van der Waals surface area contributed by atoms with Gasteiger partial charge in [0.2, 0.25) is 0 Å². The quantitative estimate of drug-likeness (QED) is 0.307. The average molecular weight is 204 g/mol. The van der Waals surface area contributed by atoms with Crippen molar-refractivity contribution in [3.63, 3.8) is 0 Å². The number of hydrogen-bond acceptors (Lipinski definition) is 4. The predicted molar refractivity (Wildman–Crippen MR) is 54.8 cm³/mol. The zero-order valence-electron chi connectivity index (χ0n) is 8.00. The second-order valence-corrected chi connectivity index (χ2v) is 3.99. The Morgan fingerprint density at radius 1 is 1.62 bits per heavy atom. The first-order chi connectivity index (χ1) is 6.02. The fourth-order valence-electron chi connectivity index (χ4n) is 0.720. The molecule has 0 bridgehead atoms. The summed E-state index contributed by atoms with van der Waals surface area (Å²) in [5.74, 6) is 0.516. The summed E-state index contributed by atoms with van der Waals surface area (Å²) in [5.41, 5.74) is 5.12. The Morgan fingerprint density at radius 2 is 2.23 bits per heavy atom. The lowest BCUT2D eigenvalue weighted by molar-refractivity contribution is -0.147. The van der Waals surface area contributed by atoms with Crippen LogP contribution in [0, 0.1) is 5.41 Å². The number of carbonyl (C=O) groups excluding carboxylic acids is 1. The van der Waals surface area contributed by atoms with Crippen molar-refractivity contribution in [2.45, 2.75) is 32.8 Å². The molecule has 0 radical (unpaired) electrons. The van der Waals surface area contributed by atoms with Crippen molar-refractivity contribution in [1.29, 1.82) is 5.41 Å². The van der Waals surface area contributed by atoms with Crippen LogP contribution in [0.1, 0.15) is 26.7 Å². The number of rotatable bonds is 5. The van der Waals surface area contributed by atoms with E-state index >= 15 is 0 Å². The molecule has 0 fully saturated rings. The summed E-state index contributed by atoms with van der Waals surface area (Å²) in [6.07, 6.45) is 1.06. The molecule has 76 valence electrons. The van der Waals surface area contributed by atoms with E-state index in [-0.39, 0.29) is 17.2 Å². The molecule has 0 saturated heterocycles. The zero-order chi connectivity index (χ0) is 10.3. The third kappa shape index (κ3) is 9.20. The Bertz CT molecular complexity index is 183. The summed E-state index contributed by atoms with van der Waals surface area (Å²) in [6.45, 7) is 3.64. The van der Waals surface area contributed by atoms with Crippen LogP contribution in [0.3, 0.4) is 0 Å². The van der Waals surface area contributed by atoms with Crippen molar-refractivity contribution in [3.05, 3.63) is 0 Å². The van der Waals surface area contributed by atoms with E-state index in [1.165, 1.54) is 11.8 Å². The molecule has 5 heteroatoms. The lowest BCUT2D eigenvalue weighted by atomic mass is 10.3. The summed E-state index contributed by atoms with van der Waals surface area (Å²) in [4.78, 5) is 11.0. The Balaban J connectivity index is 3.32. The van der Waals surface area contributed by atoms with Crippen LogP contribution in [0.4, 0.5) is 0 Å². The van der Waals surface area contributed by atoms with Gasteiger partial charge >= 0.3 is 5.97 Å². The molecule has 0 unspecified atom stereocenters. The molecule has 0 spiro atoms. The molecule has 4 nitrogen and oxygen atoms in total. The zero-order valence-corrected chi connectivity index (χ0v) is 8.82. The first-order valence-corrected chi connectivity index (χ1v) is 5.17. The Hall–Kier alpha value is -0.710. The predicted octanol–water partition coefficient (Wildman–Crippen LogP) is 1.34. The number of carbonyl (C=O) groups is 1. The smallest absolute Gasteiger partial charge is 0.306 e. The van der Waals surface area contributed by atoms with E-state index in [1.807, 2.05) is 13.8 Å². The Labute approximate surface area is 82.7 Å². The van der Waals surface area contributed by atoms with Crippen LogP contribution in [0.2, 0.25) is 0 Å². The summed E-state index contributed by atoms with van der Waals surface area (Å²) in [5, 5.41) is 7.01. The van der Waals surface area contributed by atoms with Gasteiger partial charge in [-0.3, -0.25) is 10.2 Å². The molecular formula is C8H16N2O2S. The molecule has 3 N–H and O–H groups in total. The number of nitrogens with two attached hydrogens (primary N) is 1. The monoisotopic (exact) mass is 204 g/mol. The van der Waals surface area contributed by atoms with Crippen LogP contribution in [-0.2, 0) is 9.53 Å². The lowest BCUT2D eigenvalue weighted by Gasteiger charge is -2.06. The maximum atomic E-state index is 11.0. The van der Waals surface area contributed by atoms with Crippen molar-refractivity contribution in [1.82, 2.24) is 0 Å². The molecule has 0 aliphatic rings. The molecule has 0 rings (SSSR count). The highest BCUT2D eigenvalue weighted by Gasteiger charge is 2.04. The minimum absolute atomic E-state index is 0.0482. The first-order valence-electron chi connectivity index (χ1n) is 4.18. The van der Waals surface area contributed by atoms with Crippen LogP contribution in [-0.4, -0.2) is 23.0 Å². The number of thioether (sulfide) groups is 1. The van der Waals surface area contributed by atoms with E-state index < -0.39 is 0 Å². The second kappa shape index (κ2) is 6.77. The van der Waals surface area contributed by atoms with E-state index in [1.54, 1.807) is 0 Å². The highest BCUT2D eigenvalue weighted by molar-refractivity contribution is 8.13. The normalized spacial score (nSPS) is 10.1. The molecule has 0 aliphatic heterocycles. The average Bonchev–Trinajstić information content (AvgIpc) is 1.96. The topological polar surface area (TPSA) is 76.2 Å². The highest BCUT2D eigenvalue weighted by Crippen LogP contribution is 2.04. The summed E-state index contributed by atoms with van der Waals surface area (Å²) in [6, 6.07) is 0. The van der Waals surface area contributed by atoms with Gasteiger partial charge in [-0.15, -0.1) is 0 Å². The van der Waals surface area contributed by atoms with Crippen molar-refractivity contribution in [3.8, 4) is 0 Å². The van der Waals surface area contributed by atoms with E-state index in [0.717, 1.165) is 0 Å². The fourth-order valence-corrected chi connectivity index (χ4v) is 1.23. The maximum absolute atomic E-state index is 11.0. The largest absolute Gasteiger partial charge is 0.463 e. The van der Waals surface area contributed by atoms with E-state index in [4.69, 9.17) is 15.9 Å². The third-order valence-corrected chi connectivity index (χ3v) is 1.95. The summed E-state index contributed by atoms with van der Waals surface area (Å²) in [7, 11) is 0. The molecule has 0 amide bonds. The Kier molecular flexibility index (Phi) is 6.40. The number of esters is 1. The van der Waals surface area contributed by atoms with Gasteiger partial charge in [0.1, 0.15) is 0 Å². The standard InChI is InChI=1S/C8H16N2O2S/c1-6(2)12-7(11)4-3-5-13-8(9)10/h6H,3-5H2,1-2H3,(H3,9,10). The van der Waals surface area contributed by atoms with Gasteiger partial charge in [0.05, 0.1) is 6.10 Å². The molecular weight excluding hydrogens is 188 g/mol. The van der Waals surface area contributed by atoms with E-state index in [2.05, 4.69) is 0 Å². The number of nitrogens with one attached hydrogen (secondary N) is 1. The summed E-state index contributed by atoms with van der Waals surface area (Å²) >= 11 is 1.25.